The molecule has 0 spiro atoms. The maximum atomic E-state index is 4.95. The first-order valence-corrected chi connectivity index (χ1v) is 3.16. The van der Waals surface area contributed by atoms with Crippen LogP contribution in [0.1, 0.15) is 19.3 Å². The van der Waals surface area contributed by atoms with Gasteiger partial charge in [-0.05, 0) is 12.3 Å². The number of hydrogen-bond acceptors (Lipinski definition) is 1. The van der Waals surface area contributed by atoms with E-state index in [-0.39, 0.29) is 0 Å². The van der Waals surface area contributed by atoms with Gasteiger partial charge in [-0.1, -0.05) is 19.4 Å². The van der Waals surface area contributed by atoms with Gasteiger partial charge < -0.3 is 4.74 Å². The highest BCUT2D eigenvalue weighted by Crippen LogP contribution is 2.31. The Bertz CT molecular complexity index is 74.5. The highest BCUT2D eigenvalue weighted by molar-refractivity contribution is 4.72. The molecule has 1 nitrogen and oxygen atoms in total. The second-order valence-electron chi connectivity index (χ2n) is 2.27. The van der Waals surface area contributed by atoms with E-state index in [1.807, 2.05) is 0 Å². The third-order valence-electron chi connectivity index (χ3n) is 1.46. The Kier molecular flexibility index (Phi) is 1.95. The van der Waals surface area contributed by atoms with Gasteiger partial charge in [-0.15, -0.1) is 0 Å². The van der Waals surface area contributed by atoms with Crippen LogP contribution in [0.5, 0.6) is 0 Å². The van der Waals surface area contributed by atoms with E-state index in [2.05, 4.69) is 6.58 Å². The summed E-state index contributed by atoms with van der Waals surface area (Å²) in [5.41, 5.74) is 0. The second-order valence-corrected chi connectivity index (χ2v) is 2.27. The molecule has 0 saturated heterocycles. The first-order chi connectivity index (χ1) is 3.93. The zero-order chi connectivity index (χ0) is 5.82. The van der Waals surface area contributed by atoms with E-state index in [4.69, 9.17) is 4.74 Å². The largest absolute Gasteiger partial charge is 0.502 e. The summed E-state index contributed by atoms with van der Waals surface area (Å²) in [5.74, 6) is 0.981. The first-order valence-electron chi connectivity index (χ1n) is 3.16. The van der Waals surface area contributed by atoms with Crippen molar-refractivity contribution in [2.24, 2.45) is 5.92 Å². The summed E-state index contributed by atoms with van der Waals surface area (Å²) in [6.07, 6.45) is 5.58. The molecule has 1 saturated carbocycles. The van der Waals surface area contributed by atoms with Crippen LogP contribution in [-0.2, 0) is 4.74 Å². The van der Waals surface area contributed by atoms with Crippen molar-refractivity contribution in [1.29, 1.82) is 0 Å². The summed E-state index contributed by atoms with van der Waals surface area (Å²) in [5, 5.41) is 0. The van der Waals surface area contributed by atoms with Crippen molar-refractivity contribution >= 4 is 0 Å². The van der Waals surface area contributed by atoms with Crippen LogP contribution in [0.3, 0.4) is 0 Å². The van der Waals surface area contributed by atoms with Crippen LogP contribution < -0.4 is 0 Å². The average Bonchev–Trinajstić information content (AvgIpc) is 2.51. The highest BCUT2D eigenvalue weighted by atomic mass is 16.5. The van der Waals surface area contributed by atoms with Gasteiger partial charge in [0.05, 0.1) is 12.9 Å². The fourth-order valence-electron chi connectivity index (χ4n) is 0.725. The van der Waals surface area contributed by atoms with Crippen LogP contribution in [0, 0.1) is 5.92 Å². The third kappa shape index (κ3) is 2.01. The molecule has 0 aromatic heterocycles. The highest BCUT2D eigenvalue weighted by Gasteiger charge is 2.20. The zero-order valence-electron chi connectivity index (χ0n) is 5.10. The first kappa shape index (κ1) is 5.67. The minimum atomic E-state index is 0.869. The Morgan fingerprint density at radius 2 is 2.38 bits per heavy atom. The van der Waals surface area contributed by atoms with Crippen molar-refractivity contribution in [2.75, 3.05) is 6.61 Å². The molecular formula is C7H12O. The van der Waals surface area contributed by atoms with Crippen molar-refractivity contribution < 1.29 is 4.74 Å². The topological polar surface area (TPSA) is 9.23 Å². The lowest BCUT2D eigenvalue weighted by Crippen LogP contribution is -1.86. The van der Waals surface area contributed by atoms with Crippen molar-refractivity contribution in [3.8, 4) is 0 Å². The molecule has 0 heterocycles. The molecule has 0 unspecified atom stereocenters. The molecule has 1 heteroatoms. The van der Waals surface area contributed by atoms with Crippen LogP contribution in [0.2, 0.25) is 0 Å². The molecule has 0 N–H and O–H groups in total. The molecule has 0 atom stereocenters. The molecule has 1 aliphatic carbocycles. The standard InChI is InChI=1S/C7H12O/c1-2-8-6-5-7-3-4-7/h2,7H,1,3-6H2. The van der Waals surface area contributed by atoms with Gasteiger partial charge in [-0.3, -0.25) is 0 Å². The fourth-order valence-corrected chi connectivity index (χ4v) is 0.725. The normalized spacial score (nSPS) is 18.0. The summed E-state index contributed by atoms with van der Waals surface area (Å²) in [7, 11) is 0. The summed E-state index contributed by atoms with van der Waals surface area (Å²) >= 11 is 0. The average molecular weight is 112 g/mol. The predicted octanol–water partition coefficient (Wildman–Crippen LogP) is 1.95. The molecule has 8 heavy (non-hydrogen) atoms. The van der Waals surface area contributed by atoms with Crippen LogP contribution in [0.25, 0.3) is 0 Å². The molecule has 0 radical (unpaired) electrons. The molecule has 0 aromatic carbocycles. The van der Waals surface area contributed by atoms with Crippen molar-refractivity contribution in [3.05, 3.63) is 12.8 Å². The van der Waals surface area contributed by atoms with Gasteiger partial charge in [-0.2, -0.15) is 0 Å². The molecule has 0 amide bonds. The van der Waals surface area contributed by atoms with E-state index in [1.54, 1.807) is 0 Å². The summed E-state index contributed by atoms with van der Waals surface area (Å²) in [6, 6.07) is 0. The van der Waals surface area contributed by atoms with E-state index >= 15 is 0 Å². The van der Waals surface area contributed by atoms with Crippen LogP contribution >= 0.6 is 0 Å². The van der Waals surface area contributed by atoms with Crippen molar-refractivity contribution in [3.63, 3.8) is 0 Å². The maximum absolute atomic E-state index is 4.95. The number of rotatable bonds is 4. The summed E-state index contributed by atoms with van der Waals surface area (Å²) in [6.45, 7) is 4.32. The van der Waals surface area contributed by atoms with Crippen LogP contribution in [-0.4, -0.2) is 6.61 Å². The Labute approximate surface area is 50.3 Å². The molecule has 0 aliphatic heterocycles. The number of hydrogen-bond donors (Lipinski definition) is 0. The quantitative estimate of drug-likeness (QED) is 0.399. The smallest absolute Gasteiger partial charge is 0.0875 e. The molecular weight excluding hydrogens is 100 g/mol. The van der Waals surface area contributed by atoms with Gasteiger partial charge in [-0.25, -0.2) is 0 Å². The molecule has 1 fully saturated rings. The minimum absolute atomic E-state index is 0.869. The van der Waals surface area contributed by atoms with Crippen molar-refractivity contribution in [2.45, 2.75) is 19.3 Å². The zero-order valence-corrected chi connectivity index (χ0v) is 5.10. The second kappa shape index (κ2) is 2.75. The molecule has 1 rings (SSSR count). The Balaban J connectivity index is 1.80. The molecule has 0 bridgehead atoms. The molecule has 1 aliphatic rings. The fraction of sp³-hybridized carbons (Fsp3) is 0.714. The minimum Gasteiger partial charge on any atom is -0.502 e. The van der Waals surface area contributed by atoms with Gasteiger partial charge in [0.1, 0.15) is 0 Å². The summed E-state index contributed by atoms with van der Waals surface area (Å²) in [4.78, 5) is 0. The van der Waals surface area contributed by atoms with Gasteiger partial charge >= 0.3 is 0 Å². The third-order valence-corrected chi connectivity index (χ3v) is 1.46. The maximum Gasteiger partial charge on any atom is 0.0875 e. The van der Waals surface area contributed by atoms with Gasteiger partial charge in [0, 0.05) is 0 Å². The Morgan fingerprint density at radius 1 is 1.62 bits per heavy atom. The van der Waals surface area contributed by atoms with Crippen molar-refractivity contribution in [1.82, 2.24) is 0 Å². The van der Waals surface area contributed by atoms with E-state index in [0.29, 0.717) is 0 Å². The van der Waals surface area contributed by atoms with Crippen LogP contribution in [0.4, 0.5) is 0 Å². The summed E-state index contributed by atoms with van der Waals surface area (Å²) < 4.78 is 4.95. The van der Waals surface area contributed by atoms with Gasteiger partial charge in [0.15, 0.2) is 0 Å². The lowest BCUT2D eigenvalue weighted by Gasteiger charge is -1.95. The van der Waals surface area contributed by atoms with Gasteiger partial charge in [0.2, 0.25) is 0 Å². The molecule has 46 valence electrons. The lowest BCUT2D eigenvalue weighted by atomic mass is 10.3. The Morgan fingerprint density at radius 3 is 2.88 bits per heavy atom. The molecule has 0 aromatic rings. The Hall–Kier alpha value is -0.460. The monoisotopic (exact) mass is 112 g/mol. The van der Waals surface area contributed by atoms with Crippen LogP contribution in [0.15, 0.2) is 12.8 Å². The SMILES string of the molecule is C=COCCC1CC1. The number of ether oxygens (including phenoxy) is 1. The van der Waals surface area contributed by atoms with Gasteiger partial charge in [0.25, 0.3) is 0 Å². The van der Waals surface area contributed by atoms with E-state index in [9.17, 15) is 0 Å². The van der Waals surface area contributed by atoms with E-state index in [0.717, 1.165) is 12.5 Å². The van der Waals surface area contributed by atoms with E-state index in [1.165, 1.54) is 25.5 Å². The predicted molar refractivity (Wildman–Crippen MR) is 33.5 cm³/mol. The lowest BCUT2D eigenvalue weighted by molar-refractivity contribution is 0.239. The van der Waals surface area contributed by atoms with E-state index < -0.39 is 0 Å².